The molecule has 0 saturated heterocycles. The van der Waals surface area contributed by atoms with Gasteiger partial charge < -0.3 is 14.2 Å². The molecule has 0 unspecified atom stereocenters. The molecule has 7 nitrogen and oxygen atoms in total. The molecule has 160 valence electrons. The third-order valence-electron chi connectivity index (χ3n) is 4.71. The number of halogens is 3. The highest BCUT2D eigenvalue weighted by Gasteiger charge is 2.30. The molecular weight excluding hydrogens is 423 g/mol. The van der Waals surface area contributed by atoms with Crippen molar-refractivity contribution >= 4 is 11.0 Å². The van der Waals surface area contributed by atoms with Gasteiger partial charge in [-0.1, -0.05) is 11.2 Å². The summed E-state index contributed by atoms with van der Waals surface area (Å²) in [7, 11) is 0. The smallest absolute Gasteiger partial charge is 0.416 e. The average Bonchev–Trinajstić information content (AvgIpc) is 3.46. The Morgan fingerprint density at radius 3 is 2.78 bits per heavy atom. The molecule has 0 atom stereocenters. The minimum Gasteiger partial charge on any atom is -0.485 e. The number of ether oxygens (including phenoxy) is 1. The fourth-order valence-corrected chi connectivity index (χ4v) is 3.15. The molecule has 0 radical (unpaired) electrons. The van der Waals surface area contributed by atoms with Crippen LogP contribution in [0.2, 0.25) is 0 Å². The van der Waals surface area contributed by atoms with Crippen molar-refractivity contribution in [3.8, 4) is 28.5 Å². The molecule has 0 fully saturated rings. The van der Waals surface area contributed by atoms with Gasteiger partial charge in [0.05, 0.1) is 5.56 Å². The molecule has 5 rings (SSSR count). The van der Waals surface area contributed by atoms with Crippen LogP contribution in [0.15, 0.2) is 71.6 Å². The number of hydrogen-bond acceptors (Lipinski definition) is 6. The maximum Gasteiger partial charge on any atom is 0.416 e. The Morgan fingerprint density at radius 2 is 1.91 bits per heavy atom. The van der Waals surface area contributed by atoms with E-state index in [0.29, 0.717) is 5.69 Å². The van der Waals surface area contributed by atoms with Crippen LogP contribution in [0.5, 0.6) is 5.75 Å². The summed E-state index contributed by atoms with van der Waals surface area (Å²) in [6.07, 6.45) is 0.742. The van der Waals surface area contributed by atoms with Gasteiger partial charge in [0.2, 0.25) is 5.82 Å². The van der Waals surface area contributed by atoms with E-state index in [1.807, 2.05) is 24.4 Å². The van der Waals surface area contributed by atoms with Crippen LogP contribution in [0.25, 0.3) is 33.7 Å². The summed E-state index contributed by atoms with van der Waals surface area (Å²) < 4.78 is 49.1. The lowest BCUT2D eigenvalue weighted by Gasteiger charge is -2.08. The molecule has 0 spiro atoms. The van der Waals surface area contributed by atoms with Crippen molar-refractivity contribution in [2.45, 2.75) is 12.8 Å². The van der Waals surface area contributed by atoms with Crippen molar-refractivity contribution in [2.24, 2.45) is 0 Å². The fraction of sp³-hybridized carbons (Fsp3) is 0.0909. The average molecular weight is 437 g/mol. The highest BCUT2D eigenvalue weighted by Crippen LogP contribution is 2.31. The van der Waals surface area contributed by atoms with Gasteiger partial charge in [-0.25, -0.2) is 4.98 Å². The SMILES string of the molecule is FC(F)(F)c1cccc(OCc2noc(-c3cc(-c4cnc5[nH]ccc5c4)ccn3)n2)c1. The molecule has 1 N–H and O–H groups in total. The van der Waals surface area contributed by atoms with Gasteiger partial charge in [-0.05, 0) is 48.0 Å². The van der Waals surface area contributed by atoms with Crippen molar-refractivity contribution in [1.29, 1.82) is 0 Å². The van der Waals surface area contributed by atoms with Crippen LogP contribution < -0.4 is 4.74 Å². The van der Waals surface area contributed by atoms with Crippen LogP contribution in [0, 0.1) is 0 Å². The quantitative estimate of drug-likeness (QED) is 0.403. The second-order valence-corrected chi connectivity index (χ2v) is 6.90. The molecule has 0 bridgehead atoms. The summed E-state index contributed by atoms with van der Waals surface area (Å²) in [6, 6.07) is 12.2. The second-order valence-electron chi connectivity index (χ2n) is 6.90. The zero-order chi connectivity index (χ0) is 22.1. The van der Waals surface area contributed by atoms with Gasteiger partial charge in [-0.3, -0.25) is 4.98 Å². The lowest BCUT2D eigenvalue weighted by atomic mass is 10.1. The molecule has 0 aliphatic carbocycles. The molecule has 4 heterocycles. The number of nitrogens with zero attached hydrogens (tertiary/aromatic N) is 4. The van der Waals surface area contributed by atoms with Crippen molar-refractivity contribution < 1.29 is 22.4 Å². The van der Waals surface area contributed by atoms with Gasteiger partial charge in [-0.15, -0.1) is 0 Å². The van der Waals surface area contributed by atoms with Crippen LogP contribution >= 0.6 is 0 Å². The molecule has 32 heavy (non-hydrogen) atoms. The first-order chi connectivity index (χ1) is 15.5. The maximum atomic E-state index is 12.8. The Bertz CT molecular complexity index is 1390. The topological polar surface area (TPSA) is 89.7 Å². The summed E-state index contributed by atoms with van der Waals surface area (Å²) in [4.78, 5) is 15.9. The monoisotopic (exact) mass is 437 g/mol. The van der Waals surface area contributed by atoms with E-state index in [9.17, 15) is 13.2 Å². The molecular formula is C22H14F3N5O2. The molecule has 4 aromatic heterocycles. The molecule has 10 heteroatoms. The van der Waals surface area contributed by atoms with E-state index >= 15 is 0 Å². The molecule has 0 amide bonds. The number of aromatic amines is 1. The lowest BCUT2D eigenvalue weighted by Crippen LogP contribution is -2.05. The molecule has 0 saturated carbocycles. The Morgan fingerprint density at radius 1 is 1.00 bits per heavy atom. The minimum atomic E-state index is -4.45. The number of benzene rings is 1. The number of fused-ring (bicyclic) bond motifs is 1. The number of pyridine rings is 2. The van der Waals surface area contributed by atoms with Crippen LogP contribution in [0.4, 0.5) is 13.2 Å². The van der Waals surface area contributed by atoms with Crippen LogP contribution in [0.1, 0.15) is 11.4 Å². The number of aromatic nitrogens is 5. The zero-order valence-electron chi connectivity index (χ0n) is 16.3. The van der Waals surface area contributed by atoms with Crippen molar-refractivity contribution in [3.05, 3.63) is 78.5 Å². The van der Waals surface area contributed by atoms with Gasteiger partial charge in [0, 0.05) is 29.5 Å². The van der Waals surface area contributed by atoms with Gasteiger partial charge in [-0.2, -0.15) is 18.2 Å². The normalized spacial score (nSPS) is 11.7. The number of H-pyrrole nitrogens is 1. The first-order valence-electron chi connectivity index (χ1n) is 9.48. The standard InChI is InChI=1S/C22H14F3N5O2/c23-22(24,25)16-2-1-3-17(10-16)31-12-19-29-21(32-30-19)18-9-13(4-6-26-18)15-8-14-5-7-27-20(14)28-11-15/h1-11H,12H2,(H,27,28). The van der Waals surface area contributed by atoms with E-state index in [0.717, 1.165) is 34.3 Å². The van der Waals surface area contributed by atoms with Crippen molar-refractivity contribution in [2.75, 3.05) is 0 Å². The van der Waals surface area contributed by atoms with Gasteiger partial charge in [0.15, 0.2) is 6.61 Å². The molecule has 1 aromatic carbocycles. The number of rotatable bonds is 5. The van der Waals surface area contributed by atoms with Gasteiger partial charge in [0.1, 0.15) is 17.1 Å². The second kappa shape index (κ2) is 7.80. The Hall–Kier alpha value is -4.21. The van der Waals surface area contributed by atoms with E-state index in [2.05, 4.69) is 25.1 Å². The van der Waals surface area contributed by atoms with E-state index in [-0.39, 0.29) is 24.1 Å². The van der Waals surface area contributed by atoms with E-state index in [4.69, 9.17) is 9.26 Å². The highest BCUT2D eigenvalue weighted by atomic mass is 19.4. The third-order valence-corrected chi connectivity index (χ3v) is 4.71. The Kier molecular flexibility index (Phi) is 4.81. The largest absolute Gasteiger partial charge is 0.485 e. The molecule has 5 aromatic rings. The van der Waals surface area contributed by atoms with Crippen LogP contribution in [0.3, 0.4) is 0 Å². The number of hydrogen-bond donors (Lipinski definition) is 1. The van der Waals surface area contributed by atoms with Gasteiger partial charge in [0.25, 0.3) is 5.89 Å². The van der Waals surface area contributed by atoms with Crippen molar-refractivity contribution in [1.82, 2.24) is 25.1 Å². The molecule has 0 aliphatic heterocycles. The first-order valence-corrected chi connectivity index (χ1v) is 9.48. The predicted octanol–water partition coefficient (Wildman–Crippen LogP) is 5.27. The van der Waals surface area contributed by atoms with Crippen LogP contribution in [-0.2, 0) is 12.8 Å². The molecule has 0 aliphatic rings. The Labute approximate surface area is 178 Å². The van der Waals surface area contributed by atoms with Crippen molar-refractivity contribution in [3.63, 3.8) is 0 Å². The third kappa shape index (κ3) is 4.02. The fourth-order valence-electron chi connectivity index (χ4n) is 3.15. The number of alkyl halides is 3. The summed E-state index contributed by atoms with van der Waals surface area (Å²) in [5.41, 5.74) is 2.22. The van der Waals surface area contributed by atoms with Crippen LogP contribution in [-0.4, -0.2) is 25.1 Å². The summed E-state index contributed by atoms with van der Waals surface area (Å²) >= 11 is 0. The summed E-state index contributed by atoms with van der Waals surface area (Å²) in [5, 5.41) is 4.80. The summed E-state index contributed by atoms with van der Waals surface area (Å²) in [6.45, 7) is -0.154. The zero-order valence-corrected chi connectivity index (χ0v) is 16.3. The predicted molar refractivity (Wildman–Crippen MR) is 108 cm³/mol. The van der Waals surface area contributed by atoms with Gasteiger partial charge >= 0.3 is 6.18 Å². The first kappa shape index (κ1) is 19.7. The lowest BCUT2D eigenvalue weighted by molar-refractivity contribution is -0.137. The number of nitrogens with one attached hydrogen (secondary N) is 1. The van der Waals surface area contributed by atoms with E-state index < -0.39 is 11.7 Å². The summed E-state index contributed by atoms with van der Waals surface area (Å²) in [5.74, 6) is 0.407. The Balaban J connectivity index is 1.33. The maximum absolute atomic E-state index is 12.8. The van der Waals surface area contributed by atoms with E-state index in [1.54, 1.807) is 18.5 Å². The van der Waals surface area contributed by atoms with E-state index in [1.165, 1.54) is 12.1 Å². The minimum absolute atomic E-state index is 0.0546. The highest BCUT2D eigenvalue weighted by molar-refractivity contribution is 5.81.